The molecule has 3 aliphatic heterocycles. The summed E-state index contributed by atoms with van der Waals surface area (Å²) in [6.07, 6.45) is 5.51. The molecule has 1 aromatic rings. The maximum absolute atomic E-state index is 14.8. The van der Waals surface area contributed by atoms with E-state index in [1.54, 1.807) is 38.6 Å². The summed E-state index contributed by atoms with van der Waals surface area (Å²) >= 11 is 1.65. The molecule has 1 aromatic carbocycles. The lowest BCUT2D eigenvalue weighted by molar-refractivity contribution is -0.149. The van der Waals surface area contributed by atoms with E-state index in [-0.39, 0.29) is 36.8 Å². The summed E-state index contributed by atoms with van der Waals surface area (Å²) in [5.74, 6) is -1.13. The number of hydrogen-bond acceptors (Lipinski definition) is 6. The largest absolute Gasteiger partial charge is 0.494 e. The molecule has 3 amide bonds. The van der Waals surface area contributed by atoms with Gasteiger partial charge in [-0.05, 0) is 77.6 Å². The molecular formula is C35H51N3O5S. The van der Waals surface area contributed by atoms with Gasteiger partial charge in [0.15, 0.2) is 0 Å². The molecule has 242 valence electrons. The van der Waals surface area contributed by atoms with Crippen LogP contribution in [0, 0.1) is 17.8 Å². The monoisotopic (exact) mass is 625 g/mol. The molecule has 1 N–H and O–H groups in total. The minimum Gasteiger partial charge on any atom is -0.494 e. The van der Waals surface area contributed by atoms with Crippen molar-refractivity contribution in [3.63, 3.8) is 0 Å². The number of benzene rings is 1. The van der Waals surface area contributed by atoms with E-state index in [1.807, 2.05) is 65.8 Å². The van der Waals surface area contributed by atoms with Crippen molar-refractivity contribution in [2.45, 2.75) is 94.8 Å². The van der Waals surface area contributed by atoms with Gasteiger partial charge < -0.3 is 24.5 Å². The van der Waals surface area contributed by atoms with Crippen molar-refractivity contribution in [2.24, 2.45) is 17.8 Å². The number of ether oxygens (including phenoxy) is 1. The number of anilines is 1. The van der Waals surface area contributed by atoms with Gasteiger partial charge in [0.1, 0.15) is 11.8 Å². The standard InChI is InChI=1S/C35H51N3O5S/c1-10-20-36(24-14-16-25(17-15-24)43-13-4)30(40)27-28-31(41)38(26(22-39)23(5)12-3)29(35(28)19-18-34(27,9)44-35)32(42)37(21-11-2)33(6,7)8/h10-11,14-17,23,26-29,39H,1-2,12-13,18-22H2,3-9H3/t23-,26-,27+,28-,29?,34-,35?/m0/s1. The molecule has 0 saturated carbocycles. The number of rotatable bonds is 13. The Bertz CT molecular complexity index is 1260. The lowest BCUT2D eigenvalue weighted by Gasteiger charge is -2.44. The second-order valence-electron chi connectivity index (χ2n) is 13.7. The van der Waals surface area contributed by atoms with Crippen molar-refractivity contribution in [1.82, 2.24) is 9.80 Å². The van der Waals surface area contributed by atoms with Crippen molar-refractivity contribution in [1.29, 1.82) is 0 Å². The first kappa shape index (κ1) is 34.1. The zero-order valence-electron chi connectivity index (χ0n) is 27.5. The Morgan fingerprint density at radius 2 is 1.77 bits per heavy atom. The summed E-state index contributed by atoms with van der Waals surface area (Å²) in [6.45, 7) is 22.7. The molecule has 2 unspecified atom stereocenters. The summed E-state index contributed by atoms with van der Waals surface area (Å²) in [7, 11) is 0. The average Bonchev–Trinajstić information content (AvgIpc) is 3.55. The highest BCUT2D eigenvalue weighted by Crippen LogP contribution is 2.72. The van der Waals surface area contributed by atoms with Gasteiger partial charge in [0.05, 0.1) is 35.8 Å². The summed E-state index contributed by atoms with van der Waals surface area (Å²) in [6, 6.07) is 6.08. The smallest absolute Gasteiger partial charge is 0.247 e. The number of fused-ring (bicyclic) bond motifs is 1. The molecule has 3 aliphatic rings. The van der Waals surface area contributed by atoms with Gasteiger partial charge in [-0.3, -0.25) is 14.4 Å². The van der Waals surface area contributed by atoms with Crippen LogP contribution in [0.4, 0.5) is 5.69 Å². The molecule has 3 saturated heterocycles. The Morgan fingerprint density at radius 3 is 2.30 bits per heavy atom. The van der Waals surface area contributed by atoms with Crippen LogP contribution >= 0.6 is 11.8 Å². The summed E-state index contributed by atoms with van der Waals surface area (Å²) in [5, 5.41) is 10.7. The third-order valence-electron chi connectivity index (χ3n) is 9.98. The van der Waals surface area contributed by atoms with Gasteiger partial charge in [-0.25, -0.2) is 0 Å². The van der Waals surface area contributed by atoms with Crippen molar-refractivity contribution in [3.05, 3.63) is 49.6 Å². The Hall–Kier alpha value is -2.78. The van der Waals surface area contributed by atoms with E-state index >= 15 is 0 Å². The molecule has 0 radical (unpaired) electrons. The number of amides is 3. The molecule has 0 aromatic heterocycles. The highest BCUT2D eigenvalue weighted by atomic mass is 32.2. The van der Waals surface area contributed by atoms with Gasteiger partial charge >= 0.3 is 0 Å². The quantitative estimate of drug-likeness (QED) is 0.299. The molecule has 3 fully saturated rings. The Labute approximate surface area is 267 Å². The van der Waals surface area contributed by atoms with Crippen LogP contribution in [0.25, 0.3) is 0 Å². The Morgan fingerprint density at radius 1 is 1.14 bits per heavy atom. The molecule has 9 heteroatoms. The van der Waals surface area contributed by atoms with Crippen molar-refractivity contribution in [3.8, 4) is 5.75 Å². The minimum atomic E-state index is -0.798. The van der Waals surface area contributed by atoms with E-state index in [2.05, 4.69) is 20.1 Å². The molecule has 3 heterocycles. The highest BCUT2D eigenvalue weighted by Gasteiger charge is 2.78. The molecule has 4 rings (SSSR count). The van der Waals surface area contributed by atoms with Gasteiger partial charge in [-0.15, -0.1) is 24.9 Å². The number of nitrogens with zero attached hydrogens (tertiary/aromatic N) is 3. The molecule has 0 aliphatic carbocycles. The van der Waals surface area contributed by atoms with Crippen molar-refractivity contribution >= 4 is 35.2 Å². The molecular weight excluding hydrogens is 574 g/mol. The fourth-order valence-electron chi connectivity index (χ4n) is 7.67. The minimum absolute atomic E-state index is 0.0370. The number of aliphatic hydroxyl groups excluding tert-OH is 1. The topological polar surface area (TPSA) is 90.4 Å². The number of carbonyl (C=O) groups excluding carboxylic acids is 3. The van der Waals surface area contributed by atoms with E-state index in [0.717, 1.165) is 12.2 Å². The summed E-state index contributed by atoms with van der Waals surface area (Å²) in [4.78, 5) is 49.5. The van der Waals surface area contributed by atoms with Crippen LogP contribution < -0.4 is 9.64 Å². The van der Waals surface area contributed by atoms with E-state index < -0.39 is 39.0 Å². The number of carbonyl (C=O) groups is 3. The summed E-state index contributed by atoms with van der Waals surface area (Å²) < 4.78 is 4.31. The molecule has 44 heavy (non-hydrogen) atoms. The lowest BCUT2D eigenvalue weighted by Crippen LogP contribution is -2.61. The van der Waals surface area contributed by atoms with E-state index in [0.29, 0.717) is 31.7 Å². The number of hydrogen-bond donors (Lipinski definition) is 1. The van der Waals surface area contributed by atoms with Gasteiger partial charge in [-0.1, -0.05) is 32.4 Å². The first-order valence-electron chi connectivity index (χ1n) is 16.0. The summed E-state index contributed by atoms with van der Waals surface area (Å²) in [5.41, 5.74) is 0.186. The van der Waals surface area contributed by atoms with Crippen molar-refractivity contribution in [2.75, 3.05) is 31.2 Å². The normalized spacial score (nSPS) is 28.8. The first-order valence-corrected chi connectivity index (χ1v) is 16.8. The predicted octanol–water partition coefficient (Wildman–Crippen LogP) is 5.31. The zero-order valence-corrected chi connectivity index (χ0v) is 28.4. The van der Waals surface area contributed by atoms with Crippen LogP contribution in [-0.4, -0.2) is 86.0 Å². The van der Waals surface area contributed by atoms with Crippen LogP contribution in [0.2, 0.25) is 0 Å². The third-order valence-corrected chi connectivity index (χ3v) is 12.0. The molecule has 1 spiro atoms. The lowest BCUT2D eigenvalue weighted by atomic mass is 9.66. The predicted molar refractivity (Wildman–Crippen MR) is 178 cm³/mol. The zero-order chi connectivity index (χ0) is 32.6. The second kappa shape index (κ2) is 12.9. The Balaban J connectivity index is 1.85. The highest BCUT2D eigenvalue weighted by molar-refractivity contribution is 8.02. The van der Waals surface area contributed by atoms with Gasteiger partial charge in [0, 0.05) is 29.1 Å². The Kier molecular flexibility index (Phi) is 10.0. The van der Waals surface area contributed by atoms with Gasteiger partial charge in [0.25, 0.3) is 0 Å². The maximum Gasteiger partial charge on any atom is 0.247 e. The van der Waals surface area contributed by atoms with E-state index in [1.165, 1.54) is 0 Å². The fraction of sp³-hybridized carbons (Fsp3) is 0.629. The molecule has 7 atom stereocenters. The van der Waals surface area contributed by atoms with Crippen LogP contribution in [0.5, 0.6) is 5.75 Å². The molecule has 2 bridgehead atoms. The molecule has 8 nitrogen and oxygen atoms in total. The number of aliphatic hydroxyl groups is 1. The van der Waals surface area contributed by atoms with Crippen LogP contribution in [0.1, 0.15) is 67.7 Å². The average molecular weight is 626 g/mol. The van der Waals surface area contributed by atoms with Crippen LogP contribution in [0.15, 0.2) is 49.6 Å². The van der Waals surface area contributed by atoms with Crippen molar-refractivity contribution < 1.29 is 24.2 Å². The first-order chi connectivity index (χ1) is 20.8. The van der Waals surface area contributed by atoms with E-state index in [4.69, 9.17) is 4.74 Å². The third kappa shape index (κ3) is 5.59. The van der Waals surface area contributed by atoms with Crippen LogP contribution in [-0.2, 0) is 14.4 Å². The van der Waals surface area contributed by atoms with E-state index in [9.17, 15) is 19.5 Å². The second-order valence-corrected chi connectivity index (χ2v) is 15.6. The SMILES string of the molecule is C=CCN(C(=O)[C@H]1[C@H]2C(=O)N([C@@H](CO)[C@@H](C)CC)C(C(=O)N(CC=C)C(C)(C)C)C23CC[C@]1(C)S3)c1ccc(OCC)cc1. The van der Waals surface area contributed by atoms with Gasteiger partial charge in [-0.2, -0.15) is 0 Å². The van der Waals surface area contributed by atoms with Crippen LogP contribution in [0.3, 0.4) is 0 Å². The van der Waals surface area contributed by atoms with Gasteiger partial charge in [0.2, 0.25) is 17.7 Å². The number of thioether (sulfide) groups is 1. The fourth-order valence-corrected chi connectivity index (χ4v) is 10.0. The number of likely N-dealkylation sites (tertiary alicyclic amines) is 1. The maximum atomic E-state index is 14.8.